The molecule has 2 nitrogen and oxygen atoms in total. The van der Waals surface area contributed by atoms with E-state index in [2.05, 4.69) is 38.7 Å². The maximum absolute atomic E-state index is 9.93. The van der Waals surface area contributed by atoms with Crippen LogP contribution in [0.3, 0.4) is 0 Å². The Kier molecular flexibility index (Phi) is 3.96. The molecule has 0 bridgehead atoms. The summed E-state index contributed by atoms with van der Waals surface area (Å²) in [5.74, 6) is 1.15. The van der Waals surface area contributed by atoms with E-state index in [0.717, 1.165) is 24.9 Å². The number of phenolic OH excluding ortho intramolecular Hbond substituents is 1. The lowest BCUT2D eigenvalue weighted by Gasteiger charge is -2.34. The maximum atomic E-state index is 9.93. The SMILES string of the molecule is CC(C)CN(C(C)C)C1CCc2c(O)cccc21. The van der Waals surface area contributed by atoms with Gasteiger partial charge in [-0.1, -0.05) is 26.0 Å². The van der Waals surface area contributed by atoms with Crippen molar-refractivity contribution in [2.45, 2.75) is 52.6 Å². The Morgan fingerprint density at radius 2 is 2.00 bits per heavy atom. The van der Waals surface area contributed by atoms with Gasteiger partial charge in [0.2, 0.25) is 0 Å². The van der Waals surface area contributed by atoms with Crippen molar-refractivity contribution in [2.24, 2.45) is 5.92 Å². The number of rotatable bonds is 4. The molecule has 0 aromatic heterocycles. The van der Waals surface area contributed by atoms with Gasteiger partial charge in [-0.05, 0) is 49.8 Å². The van der Waals surface area contributed by atoms with Gasteiger partial charge in [0.15, 0.2) is 0 Å². The van der Waals surface area contributed by atoms with Crippen molar-refractivity contribution in [1.82, 2.24) is 4.90 Å². The first-order valence-electron chi connectivity index (χ1n) is 7.07. The molecule has 1 aliphatic rings. The highest BCUT2D eigenvalue weighted by Gasteiger charge is 2.30. The number of benzene rings is 1. The Morgan fingerprint density at radius 3 is 2.61 bits per heavy atom. The molecular formula is C16H25NO. The van der Waals surface area contributed by atoms with Crippen LogP contribution in [0.2, 0.25) is 0 Å². The van der Waals surface area contributed by atoms with E-state index in [1.165, 1.54) is 5.56 Å². The number of nitrogens with zero attached hydrogens (tertiary/aromatic N) is 1. The van der Waals surface area contributed by atoms with Gasteiger partial charge in [-0.2, -0.15) is 0 Å². The second kappa shape index (κ2) is 5.31. The topological polar surface area (TPSA) is 23.5 Å². The minimum Gasteiger partial charge on any atom is -0.508 e. The van der Waals surface area contributed by atoms with E-state index in [-0.39, 0.29) is 0 Å². The molecule has 1 atom stereocenters. The highest BCUT2D eigenvalue weighted by Crippen LogP contribution is 2.40. The number of hydrogen-bond acceptors (Lipinski definition) is 2. The van der Waals surface area contributed by atoms with E-state index in [4.69, 9.17) is 0 Å². The first-order chi connectivity index (χ1) is 8.50. The average Bonchev–Trinajstić information content (AvgIpc) is 2.70. The molecule has 0 fully saturated rings. The Bertz CT molecular complexity index is 412. The normalized spacial score (nSPS) is 18.9. The quantitative estimate of drug-likeness (QED) is 0.876. The molecule has 1 aromatic carbocycles. The number of phenols is 1. The molecule has 18 heavy (non-hydrogen) atoms. The molecule has 2 heteroatoms. The van der Waals surface area contributed by atoms with Gasteiger partial charge in [-0.3, -0.25) is 4.90 Å². The molecule has 0 saturated heterocycles. The Labute approximate surface area is 111 Å². The van der Waals surface area contributed by atoms with Crippen LogP contribution in [0.15, 0.2) is 18.2 Å². The van der Waals surface area contributed by atoms with Gasteiger partial charge >= 0.3 is 0 Å². The first kappa shape index (κ1) is 13.4. The van der Waals surface area contributed by atoms with Crippen molar-refractivity contribution in [3.63, 3.8) is 0 Å². The molecule has 0 aliphatic heterocycles. The van der Waals surface area contributed by atoms with Crippen LogP contribution in [0, 0.1) is 5.92 Å². The second-order valence-corrected chi connectivity index (χ2v) is 6.08. The summed E-state index contributed by atoms with van der Waals surface area (Å²) in [7, 11) is 0. The lowest BCUT2D eigenvalue weighted by molar-refractivity contribution is 0.134. The second-order valence-electron chi connectivity index (χ2n) is 6.08. The zero-order valence-electron chi connectivity index (χ0n) is 12.0. The summed E-state index contributed by atoms with van der Waals surface area (Å²) in [6.07, 6.45) is 2.14. The number of aromatic hydroxyl groups is 1. The summed E-state index contributed by atoms with van der Waals surface area (Å²) in [4.78, 5) is 2.58. The van der Waals surface area contributed by atoms with Crippen LogP contribution >= 0.6 is 0 Å². The highest BCUT2D eigenvalue weighted by atomic mass is 16.3. The monoisotopic (exact) mass is 247 g/mol. The van der Waals surface area contributed by atoms with E-state index in [1.807, 2.05) is 12.1 Å². The Hall–Kier alpha value is -1.02. The molecule has 0 spiro atoms. The van der Waals surface area contributed by atoms with Crippen molar-refractivity contribution >= 4 is 0 Å². The molecule has 1 aliphatic carbocycles. The lowest BCUT2D eigenvalue weighted by Crippen LogP contribution is -2.36. The van der Waals surface area contributed by atoms with Crippen LogP contribution in [-0.2, 0) is 6.42 Å². The molecule has 0 saturated carbocycles. The van der Waals surface area contributed by atoms with Crippen molar-refractivity contribution in [3.05, 3.63) is 29.3 Å². The summed E-state index contributed by atoms with van der Waals surface area (Å²) in [5.41, 5.74) is 2.50. The van der Waals surface area contributed by atoms with Crippen LogP contribution in [0.1, 0.15) is 51.3 Å². The van der Waals surface area contributed by atoms with E-state index < -0.39 is 0 Å². The third kappa shape index (κ3) is 2.54. The van der Waals surface area contributed by atoms with Crippen molar-refractivity contribution in [2.75, 3.05) is 6.54 Å². The summed E-state index contributed by atoms with van der Waals surface area (Å²) in [5, 5.41) is 9.93. The summed E-state index contributed by atoms with van der Waals surface area (Å²) in [6.45, 7) is 10.2. The predicted molar refractivity (Wildman–Crippen MR) is 75.8 cm³/mol. The molecule has 1 unspecified atom stereocenters. The summed E-state index contributed by atoms with van der Waals surface area (Å²) >= 11 is 0. The largest absolute Gasteiger partial charge is 0.508 e. The van der Waals surface area contributed by atoms with Crippen LogP contribution in [0.25, 0.3) is 0 Å². The third-order valence-corrected chi connectivity index (χ3v) is 3.85. The van der Waals surface area contributed by atoms with Crippen LogP contribution in [0.4, 0.5) is 0 Å². The lowest BCUT2D eigenvalue weighted by atomic mass is 10.0. The molecule has 1 N–H and O–H groups in total. The zero-order chi connectivity index (χ0) is 13.3. The summed E-state index contributed by atoms with van der Waals surface area (Å²) in [6, 6.07) is 6.99. The Balaban J connectivity index is 2.28. The standard InChI is InChI=1S/C16H25NO/c1-11(2)10-17(12(3)4)15-9-8-14-13(15)6-5-7-16(14)18/h5-7,11-12,15,18H,8-10H2,1-4H3. The minimum atomic E-state index is 0.475. The molecule has 2 rings (SSSR count). The van der Waals surface area contributed by atoms with Crippen LogP contribution in [0.5, 0.6) is 5.75 Å². The predicted octanol–water partition coefficient (Wildman–Crippen LogP) is 3.75. The molecule has 0 heterocycles. The highest BCUT2D eigenvalue weighted by molar-refractivity contribution is 5.44. The molecule has 0 amide bonds. The van der Waals surface area contributed by atoms with Crippen molar-refractivity contribution in [1.29, 1.82) is 0 Å². The maximum Gasteiger partial charge on any atom is 0.119 e. The van der Waals surface area contributed by atoms with Gasteiger partial charge < -0.3 is 5.11 Å². The fraction of sp³-hybridized carbons (Fsp3) is 0.625. The van der Waals surface area contributed by atoms with Gasteiger partial charge in [0.25, 0.3) is 0 Å². The number of fused-ring (bicyclic) bond motifs is 1. The van der Waals surface area contributed by atoms with Crippen molar-refractivity contribution in [3.8, 4) is 5.75 Å². The fourth-order valence-corrected chi connectivity index (χ4v) is 3.08. The van der Waals surface area contributed by atoms with Gasteiger partial charge in [0.1, 0.15) is 5.75 Å². The fourth-order valence-electron chi connectivity index (χ4n) is 3.08. The van der Waals surface area contributed by atoms with E-state index in [9.17, 15) is 5.11 Å². The molecule has 100 valence electrons. The minimum absolute atomic E-state index is 0.475. The van der Waals surface area contributed by atoms with Crippen molar-refractivity contribution < 1.29 is 5.11 Å². The van der Waals surface area contributed by atoms with Gasteiger partial charge in [-0.25, -0.2) is 0 Å². The van der Waals surface area contributed by atoms with Crippen LogP contribution in [-0.4, -0.2) is 22.6 Å². The average molecular weight is 247 g/mol. The summed E-state index contributed by atoms with van der Waals surface area (Å²) < 4.78 is 0. The first-order valence-corrected chi connectivity index (χ1v) is 7.07. The van der Waals surface area contributed by atoms with Gasteiger partial charge in [0.05, 0.1) is 0 Å². The van der Waals surface area contributed by atoms with Gasteiger partial charge in [-0.15, -0.1) is 0 Å². The van der Waals surface area contributed by atoms with E-state index in [0.29, 0.717) is 23.8 Å². The third-order valence-electron chi connectivity index (χ3n) is 3.85. The molecule has 0 radical (unpaired) electrons. The van der Waals surface area contributed by atoms with Gasteiger partial charge in [0, 0.05) is 18.6 Å². The smallest absolute Gasteiger partial charge is 0.119 e. The molecule has 1 aromatic rings. The Morgan fingerprint density at radius 1 is 1.28 bits per heavy atom. The molecular weight excluding hydrogens is 222 g/mol. The number of hydrogen-bond donors (Lipinski definition) is 1. The van der Waals surface area contributed by atoms with Crippen LogP contribution < -0.4 is 0 Å². The zero-order valence-corrected chi connectivity index (χ0v) is 12.0. The van der Waals surface area contributed by atoms with E-state index >= 15 is 0 Å². The van der Waals surface area contributed by atoms with E-state index in [1.54, 1.807) is 0 Å².